The topological polar surface area (TPSA) is 79.4 Å². The molecule has 28 heavy (non-hydrogen) atoms. The molecule has 3 heterocycles. The van der Waals surface area contributed by atoms with Crippen LogP contribution in [0.15, 0.2) is 51.4 Å². The minimum atomic E-state index is -3.68. The molecule has 9 heteroatoms. The standard InChI is InChI=1S/C19H19N3O3S3/c1-13-20-15(12-27-13)10-22-8-6-17(21-19(23)14-7-9-26-11-14)16-4-2-3-5-18(16)28(22,24)25/h2-5,7,9,11-12,17H,6,8,10H2,1H3,(H,21,23)/t17-/m0/s1. The summed E-state index contributed by atoms with van der Waals surface area (Å²) < 4.78 is 28.0. The molecule has 1 aromatic carbocycles. The van der Waals surface area contributed by atoms with E-state index in [-0.39, 0.29) is 23.4 Å². The number of benzene rings is 1. The average Bonchev–Trinajstić information content (AvgIpc) is 3.33. The number of carbonyl (C=O) groups excluding carboxylic acids is 1. The Kier molecular flexibility index (Phi) is 5.33. The Hall–Kier alpha value is -2.07. The fraction of sp³-hybridized carbons (Fsp3) is 0.263. The molecule has 146 valence electrons. The maximum atomic E-state index is 13.3. The van der Waals surface area contributed by atoms with Crippen LogP contribution in [0, 0.1) is 6.92 Å². The Balaban J connectivity index is 1.66. The Bertz CT molecular complexity index is 1090. The van der Waals surface area contributed by atoms with Gasteiger partial charge in [0.05, 0.1) is 33.7 Å². The number of nitrogens with zero attached hydrogens (tertiary/aromatic N) is 2. The summed E-state index contributed by atoms with van der Waals surface area (Å²) in [4.78, 5) is 17.2. The van der Waals surface area contributed by atoms with Crippen molar-refractivity contribution in [3.63, 3.8) is 0 Å². The summed E-state index contributed by atoms with van der Waals surface area (Å²) in [5, 5.41) is 9.43. The van der Waals surface area contributed by atoms with Crippen molar-refractivity contribution in [2.75, 3.05) is 6.54 Å². The second-order valence-corrected chi connectivity index (χ2v) is 10.3. The fourth-order valence-corrected chi connectivity index (χ4v) is 6.23. The predicted octanol–water partition coefficient (Wildman–Crippen LogP) is 3.58. The van der Waals surface area contributed by atoms with E-state index in [9.17, 15) is 13.2 Å². The molecular formula is C19H19N3O3S3. The van der Waals surface area contributed by atoms with Crippen LogP contribution in [-0.2, 0) is 16.6 Å². The first-order valence-electron chi connectivity index (χ1n) is 8.78. The molecule has 1 aliphatic heterocycles. The molecule has 0 unspecified atom stereocenters. The van der Waals surface area contributed by atoms with Crippen LogP contribution in [0.4, 0.5) is 0 Å². The number of aromatic nitrogens is 1. The number of rotatable bonds is 4. The summed E-state index contributed by atoms with van der Waals surface area (Å²) in [6, 6.07) is 8.29. The highest BCUT2D eigenvalue weighted by Gasteiger charge is 2.34. The van der Waals surface area contributed by atoms with Gasteiger partial charge in [0.1, 0.15) is 0 Å². The third-order valence-corrected chi connectivity index (χ3v) is 8.10. The zero-order chi connectivity index (χ0) is 19.7. The zero-order valence-electron chi connectivity index (χ0n) is 15.2. The van der Waals surface area contributed by atoms with Crippen molar-refractivity contribution in [2.45, 2.75) is 30.8 Å². The number of fused-ring (bicyclic) bond motifs is 1. The van der Waals surface area contributed by atoms with Gasteiger partial charge in [-0.1, -0.05) is 18.2 Å². The molecule has 0 saturated heterocycles. The highest BCUT2D eigenvalue weighted by molar-refractivity contribution is 7.89. The van der Waals surface area contributed by atoms with E-state index in [4.69, 9.17) is 0 Å². The van der Waals surface area contributed by atoms with E-state index < -0.39 is 10.0 Å². The fourth-order valence-electron chi connectivity index (χ4n) is 3.30. The number of thiophene rings is 1. The number of sulfonamides is 1. The molecule has 6 nitrogen and oxygen atoms in total. The minimum Gasteiger partial charge on any atom is -0.345 e. The largest absolute Gasteiger partial charge is 0.345 e. The molecule has 0 spiro atoms. The second-order valence-electron chi connectivity index (χ2n) is 6.56. The lowest BCUT2D eigenvalue weighted by molar-refractivity contribution is 0.0934. The van der Waals surface area contributed by atoms with Crippen molar-refractivity contribution in [3.8, 4) is 0 Å². The molecule has 1 amide bonds. The number of hydrogen-bond acceptors (Lipinski definition) is 6. The number of thiazole rings is 1. The lowest BCUT2D eigenvalue weighted by atomic mass is 10.0. The van der Waals surface area contributed by atoms with Gasteiger partial charge in [-0.15, -0.1) is 11.3 Å². The van der Waals surface area contributed by atoms with E-state index in [1.807, 2.05) is 17.7 Å². The molecule has 1 atom stereocenters. The van der Waals surface area contributed by atoms with Crippen LogP contribution in [0.2, 0.25) is 0 Å². The third kappa shape index (κ3) is 3.75. The minimum absolute atomic E-state index is 0.193. The van der Waals surface area contributed by atoms with Gasteiger partial charge >= 0.3 is 0 Å². The molecule has 1 aliphatic rings. The number of aryl methyl sites for hydroxylation is 1. The van der Waals surface area contributed by atoms with Crippen LogP contribution in [0.25, 0.3) is 0 Å². The van der Waals surface area contributed by atoms with Crippen LogP contribution in [-0.4, -0.2) is 30.2 Å². The van der Waals surface area contributed by atoms with Gasteiger partial charge < -0.3 is 5.32 Å². The van der Waals surface area contributed by atoms with Gasteiger partial charge in [-0.2, -0.15) is 15.6 Å². The number of amides is 1. The molecule has 4 rings (SSSR count). The van der Waals surface area contributed by atoms with E-state index >= 15 is 0 Å². The predicted molar refractivity (Wildman–Crippen MR) is 110 cm³/mol. The maximum absolute atomic E-state index is 13.3. The first kappa shape index (κ1) is 19.3. The van der Waals surface area contributed by atoms with Crippen molar-refractivity contribution >= 4 is 38.6 Å². The van der Waals surface area contributed by atoms with E-state index in [0.717, 1.165) is 10.7 Å². The normalized spacial score (nSPS) is 19.0. The van der Waals surface area contributed by atoms with Crippen LogP contribution < -0.4 is 5.32 Å². The third-order valence-electron chi connectivity index (χ3n) is 4.67. The van der Waals surface area contributed by atoms with E-state index in [1.54, 1.807) is 35.7 Å². The van der Waals surface area contributed by atoms with Gasteiger partial charge in [0, 0.05) is 17.3 Å². The molecule has 2 aromatic heterocycles. The average molecular weight is 434 g/mol. The van der Waals surface area contributed by atoms with Crippen LogP contribution in [0.1, 0.15) is 39.1 Å². The van der Waals surface area contributed by atoms with Crippen molar-refractivity contribution in [1.82, 2.24) is 14.6 Å². The summed E-state index contributed by atoms with van der Waals surface area (Å²) >= 11 is 2.95. The molecule has 0 radical (unpaired) electrons. The Morgan fingerprint density at radius 1 is 1.29 bits per heavy atom. The van der Waals surface area contributed by atoms with Crippen LogP contribution in [0.3, 0.4) is 0 Å². The Morgan fingerprint density at radius 3 is 2.82 bits per heavy atom. The van der Waals surface area contributed by atoms with Crippen molar-refractivity contribution in [1.29, 1.82) is 0 Å². The highest BCUT2D eigenvalue weighted by Crippen LogP contribution is 2.32. The number of hydrogen-bond donors (Lipinski definition) is 1. The van der Waals surface area contributed by atoms with Crippen molar-refractivity contribution in [2.24, 2.45) is 0 Å². The number of nitrogens with one attached hydrogen (secondary N) is 1. The summed E-state index contributed by atoms with van der Waals surface area (Å²) in [6.45, 7) is 2.44. The monoisotopic (exact) mass is 433 g/mol. The van der Waals surface area contributed by atoms with Gasteiger partial charge in [-0.25, -0.2) is 13.4 Å². The lowest BCUT2D eigenvalue weighted by Gasteiger charge is -2.19. The SMILES string of the molecule is Cc1nc(CN2CC[C@H](NC(=O)c3ccsc3)c3ccccc3S2(=O)=O)cs1. The summed E-state index contributed by atoms with van der Waals surface area (Å²) in [7, 11) is -3.68. The first-order valence-corrected chi connectivity index (χ1v) is 12.0. The molecule has 0 bridgehead atoms. The zero-order valence-corrected chi connectivity index (χ0v) is 17.6. The van der Waals surface area contributed by atoms with Crippen LogP contribution >= 0.6 is 22.7 Å². The van der Waals surface area contributed by atoms with E-state index in [2.05, 4.69) is 10.3 Å². The highest BCUT2D eigenvalue weighted by atomic mass is 32.2. The van der Waals surface area contributed by atoms with Gasteiger partial charge in [0.25, 0.3) is 5.91 Å². The lowest BCUT2D eigenvalue weighted by Crippen LogP contribution is -2.31. The molecule has 3 aromatic rings. The van der Waals surface area contributed by atoms with Gasteiger partial charge in [-0.05, 0) is 36.4 Å². The van der Waals surface area contributed by atoms with Gasteiger partial charge in [0.2, 0.25) is 10.0 Å². The first-order chi connectivity index (χ1) is 13.4. The second kappa shape index (κ2) is 7.75. The summed E-state index contributed by atoms with van der Waals surface area (Å²) in [6.07, 6.45) is 0.495. The molecule has 0 aliphatic carbocycles. The van der Waals surface area contributed by atoms with E-state index in [1.165, 1.54) is 27.0 Å². The maximum Gasteiger partial charge on any atom is 0.252 e. The molecule has 0 fully saturated rings. The molecule has 0 saturated carbocycles. The smallest absolute Gasteiger partial charge is 0.252 e. The Labute approximate surface area is 171 Å². The number of carbonyl (C=O) groups is 1. The van der Waals surface area contributed by atoms with Crippen molar-refractivity contribution in [3.05, 3.63) is 68.3 Å². The summed E-state index contributed by atoms with van der Waals surface area (Å²) in [5.74, 6) is -0.193. The quantitative estimate of drug-likeness (QED) is 0.682. The van der Waals surface area contributed by atoms with E-state index in [0.29, 0.717) is 24.1 Å². The Morgan fingerprint density at radius 2 is 2.11 bits per heavy atom. The van der Waals surface area contributed by atoms with Gasteiger partial charge in [-0.3, -0.25) is 4.79 Å². The summed E-state index contributed by atoms with van der Waals surface area (Å²) in [5.41, 5.74) is 1.96. The van der Waals surface area contributed by atoms with Crippen LogP contribution in [0.5, 0.6) is 0 Å². The van der Waals surface area contributed by atoms with Crippen molar-refractivity contribution < 1.29 is 13.2 Å². The molecule has 1 N–H and O–H groups in total. The molecular weight excluding hydrogens is 414 g/mol. The van der Waals surface area contributed by atoms with Gasteiger partial charge in [0.15, 0.2) is 0 Å².